The van der Waals surface area contributed by atoms with E-state index in [1.54, 1.807) is 0 Å². The van der Waals surface area contributed by atoms with Gasteiger partial charge in [0.2, 0.25) is 0 Å². The van der Waals surface area contributed by atoms with E-state index in [0.29, 0.717) is 12.6 Å². The van der Waals surface area contributed by atoms with Crippen molar-refractivity contribution < 1.29 is 0 Å². The number of piperidine rings is 1. The summed E-state index contributed by atoms with van der Waals surface area (Å²) in [5.74, 6) is 3.36. The molecule has 1 rings (SSSR count). The van der Waals surface area contributed by atoms with Gasteiger partial charge >= 0.3 is 0 Å². The van der Waals surface area contributed by atoms with Crippen LogP contribution in [0.1, 0.15) is 20.3 Å². The van der Waals surface area contributed by atoms with Gasteiger partial charge in [-0.3, -0.25) is 0 Å². The molecule has 1 fully saturated rings. The molecule has 0 aliphatic carbocycles. The van der Waals surface area contributed by atoms with E-state index in [-0.39, 0.29) is 0 Å². The standard InChI is InChI=1S/C11H20N2/c1-4-7-12-11-6-8-13(5-2)9-10(11)3/h1,10-12H,5-9H2,2-3H3. The number of terminal acetylenes is 1. The van der Waals surface area contributed by atoms with Crippen LogP contribution < -0.4 is 5.32 Å². The monoisotopic (exact) mass is 180 g/mol. The SMILES string of the molecule is C#CCNC1CCN(CC)CC1C. The molecular weight excluding hydrogens is 160 g/mol. The molecule has 1 aliphatic rings. The van der Waals surface area contributed by atoms with Gasteiger partial charge in [0, 0.05) is 12.6 Å². The summed E-state index contributed by atoms with van der Waals surface area (Å²) in [5, 5.41) is 3.40. The van der Waals surface area contributed by atoms with Crippen molar-refractivity contribution in [1.82, 2.24) is 10.2 Å². The molecule has 0 radical (unpaired) electrons. The number of nitrogens with zero attached hydrogens (tertiary/aromatic N) is 1. The molecule has 2 heteroatoms. The highest BCUT2D eigenvalue weighted by Gasteiger charge is 2.23. The quantitative estimate of drug-likeness (QED) is 0.650. The number of nitrogens with one attached hydrogen (secondary N) is 1. The van der Waals surface area contributed by atoms with E-state index in [9.17, 15) is 0 Å². The van der Waals surface area contributed by atoms with Crippen LogP contribution in [0, 0.1) is 18.3 Å². The first kappa shape index (κ1) is 10.6. The van der Waals surface area contributed by atoms with E-state index in [0.717, 1.165) is 5.92 Å². The Bertz CT molecular complexity index is 183. The summed E-state index contributed by atoms with van der Waals surface area (Å²) in [5.41, 5.74) is 0. The minimum Gasteiger partial charge on any atom is -0.303 e. The summed E-state index contributed by atoms with van der Waals surface area (Å²) in [4.78, 5) is 2.50. The van der Waals surface area contributed by atoms with Gasteiger partial charge in [0.05, 0.1) is 6.54 Å². The summed E-state index contributed by atoms with van der Waals surface area (Å²) in [6, 6.07) is 0.624. The Morgan fingerprint density at radius 1 is 1.62 bits per heavy atom. The fourth-order valence-electron chi connectivity index (χ4n) is 2.01. The predicted octanol–water partition coefficient (Wildman–Crippen LogP) is 0.940. The minimum absolute atomic E-state index is 0.624. The van der Waals surface area contributed by atoms with Crippen LogP contribution in [0.25, 0.3) is 0 Å². The van der Waals surface area contributed by atoms with Crippen LogP contribution in [0.15, 0.2) is 0 Å². The lowest BCUT2D eigenvalue weighted by molar-refractivity contribution is 0.156. The van der Waals surface area contributed by atoms with Gasteiger partial charge in [0.15, 0.2) is 0 Å². The fourth-order valence-corrected chi connectivity index (χ4v) is 2.01. The highest BCUT2D eigenvalue weighted by Crippen LogP contribution is 2.15. The summed E-state index contributed by atoms with van der Waals surface area (Å²) < 4.78 is 0. The molecule has 1 N–H and O–H groups in total. The van der Waals surface area contributed by atoms with Gasteiger partial charge in [-0.15, -0.1) is 6.42 Å². The van der Waals surface area contributed by atoms with Crippen molar-refractivity contribution >= 4 is 0 Å². The van der Waals surface area contributed by atoms with E-state index in [4.69, 9.17) is 6.42 Å². The molecule has 74 valence electrons. The molecular formula is C11H20N2. The molecule has 0 bridgehead atoms. The Labute approximate surface area is 81.7 Å². The molecule has 1 heterocycles. The van der Waals surface area contributed by atoms with Crippen LogP contribution in [-0.2, 0) is 0 Å². The van der Waals surface area contributed by atoms with Crippen molar-refractivity contribution in [3.8, 4) is 12.3 Å². The van der Waals surface area contributed by atoms with Crippen LogP contribution in [0.2, 0.25) is 0 Å². The van der Waals surface area contributed by atoms with E-state index in [1.165, 1.54) is 26.1 Å². The van der Waals surface area contributed by atoms with Crippen LogP contribution in [0.5, 0.6) is 0 Å². The summed E-state index contributed by atoms with van der Waals surface area (Å²) in [7, 11) is 0. The third kappa shape index (κ3) is 3.02. The fraction of sp³-hybridized carbons (Fsp3) is 0.818. The Balaban J connectivity index is 2.31. The van der Waals surface area contributed by atoms with E-state index < -0.39 is 0 Å². The minimum atomic E-state index is 0.624. The van der Waals surface area contributed by atoms with Gasteiger partial charge in [-0.2, -0.15) is 0 Å². The Morgan fingerprint density at radius 3 is 2.92 bits per heavy atom. The summed E-state index contributed by atoms with van der Waals surface area (Å²) in [6.45, 7) is 8.83. The second-order valence-corrected chi connectivity index (χ2v) is 3.85. The van der Waals surface area contributed by atoms with Crippen LogP contribution in [-0.4, -0.2) is 37.1 Å². The predicted molar refractivity (Wildman–Crippen MR) is 56.5 cm³/mol. The second kappa shape index (κ2) is 5.26. The first-order chi connectivity index (χ1) is 6.27. The Hall–Kier alpha value is -0.520. The average Bonchev–Trinajstić information content (AvgIpc) is 2.16. The van der Waals surface area contributed by atoms with Gasteiger partial charge in [-0.25, -0.2) is 0 Å². The van der Waals surface area contributed by atoms with Gasteiger partial charge in [0.1, 0.15) is 0 Å². The van der Waals surface area contributed by atoms with Crippen LogP contribution in [0.4, 0.5) is 0 Å². The largest absolute Gasteiger partial charge is 0.303 e. The van der Waals surface area contributed by atoms with Crippen molar-refractivity contribution in [3.63, 3.8) is 0 Å². The van der Waals surface area contributed by atoms with Crippen LogP contribution >= 0.6 is 0 Å². The first-order valence-electron chi connectivity index (χ1n) is 5.17. The molecule has 2 atom stereocenters. The van der Waals surface area contributed by atoms with E-state index >= 15 is 0 Å². The van der Waals surface area contributed by atoms with Crippen molar-refractivity contribution in [2.24, 2.45) is 5.92 Å². The zero-order valence-corrected chi connectivity index (χ0v) is 8.71. The van der Waals surface area contributed by atoms with Crippen molar-refractivity contribution in [2.45, 2.75) is 26.3 Å². The van der Waals surface area contributed by atoms with Crippen molar-refractivity contribution in [3.05, 3.63) is 0 Å². The molecule has 1 aliphatic heterocycles. The van der Waals surface area contributed by atoms with Crippen LogP contribution in [0.3, 0.4) is 0 Å². The molecule has 0 aromatic carbocycles. The second-order valence-electron chi connectivity index (χ2n) is 3.85. The molecule has 2 nitrogen and oxygen atoms in total. The zero-order chi connectivity index (χ0) is 9.68. The maximum atomic E-state index is 5.22. The van der Waals surface area contributed by atoms with Gasteiger partial charge in [0.25, 0.3) is 0 Å². The highest BCUT2D eigenvalue weighted by molar-refractivity contribution is 4.91. The number of hydrogen-bond acceptors (Lipinski definition) is 2. The molecule has 13 heavy (non-hydrogen) atoms. The van der Waals surface area contributed by atoms with Crippen molar-refractivity contribution in [2.75, 3.05) is 26.2 Å². The lowest BCUT2D eigenvalue weighted by atomic mass is 9.94. The Morgan fingerprint density at radius 2 is 2.38 bits per heavy atom. The third-order valence-corrected chi connectivity index (χ3v) is 2.90. The van der Waals surface area contributed by atoms with E-state index in [1.807, 2.05) is 0 Å². The summed E-state index contributed by atoms with van der Waals surface area (Å²) in [6.07, 6.45) is 6.45. The molecule has 0 amide bonds. The van der Waals surface area contributed by atoms with Gasteiger partial charge in [-0.1, -0.05) is 19.8 Å². The number of hydrogen-bond donors (Lipinski definition) is 1. The molecule has 0 aromatic heterocycles. The lowest BCUT2D eigenvalue weighted by Crippen LogP contribution is -2.48. The van der Waals surface area contributed by atoms with Gasteiger partial charge in [-0.05, 0) is 25.4 Å². The smallest absolute Gasteiger partial charge is 0.0576 e. The average molecular weight is 180 g/mol. The lowest BCUT2D eigenvalue weighted by Gasteiger charge is -2.36. The summed E-state index contributed by atoms with van der Waals surface area (Å²) >= 11 is 0. The highest BCUT2D eigenvalue weighted by atomic mass is 15.1. The van der Waals surface area contributed by atoms with E-state index in [2.05, 4.69) is 30.0 Å². The molecule has 0 spiro atoms. The van der Waals surface area contributed by atoms with Crippen molar-refractivity contribution in [1.29, 1.82) is 0 Å². The number of rotatable bonds is 3. The molecule has 2 unspecified atom stereocenters. The van der Waals surface area contributed by atoms with Gasteiger partial charge < -0.3 is 10.2 Å². The third-order valence-electron chi connectivity index (χ3n) is 2.90. The molecule has 0 aromatic rings. The molecule has 0 saturated carbocycles. The zero-order valence-electron chi connectivity index (χ0n) is 8.71. The first-order valence-corrected chi connectivity index (χ1v) is 5.17. The maximum absolute atomic E-state index is 5.22. The maximum Gasteiger partial charge on any atom is 0.0576 e. The topological polar surface area (TPSA) is 15.3 Å². The molecule has 1 saturated heterocycles. The number of likely N-dealkylation sites (tertiary alicyclic amines) is 1. The normalized spacial score (nSPS) is 29.9. The Kier molecular flexibility index (Phi) is 4.27.